The van der Waals surface area contributed by atoms with E-state index in [1.54, 1.807) is 20.8 Å². The quantitative estimate of drug-likeness (QED) is 0.285. The van der Waals surface area contributed by atoms with E-state index in [4.69, 9.17) is 10.5 Å². The SMILES string of the molecule is CCCCCCCCN(C(=O)C(CC(N)=O)NC(=O)OC(C)(C)C)C(C(=O)NC(C)(C)C)c1ccc(C)cc1. The van der Waals surface area contributed by atoms with Crippen LogP contribution >= 0.6 is 0 Å². The number of nitrogens with one attached hydrogen (secondary N) is 2. The van der Waals surface area contributed by atoms with E-state index in [0.717, 1.165) is 37.7 Å². The molecular formula is C30H50N4O5. The van der Waals surface area contributed by atoms with Gasteiger partial charge in [0.05, 0.1) is 6.42 Å². The summed E-state index contributed by atoms with van der Waals surface area (Å²) < 4.78 is 5.34. The first-order valence-corrected chi connectivity index (χ1v) is 14.0. The van der Waals surface area contributed by atoms with Crippen molar-refractivity contribution in [3.63, 3.8) is 0 Å². The summed E-state index contributed by atoms with van der Waals surface area (Å²) in [5.74, 6) is -1.67. The number of rotatable bonds is 14. The van der Waals surface area contributed by atoms with Crippen LogP contribution in [0.15, 0.2) is 24.3 Å². The molecule has 0 aliphatic rings. The maximum Gasteiger partial charge on any atom is 0.408 e. The number of ether oxygens (including phenoxy) is 1. The fraction of sp³-hybridized carbons (Fsp3) is 0.667. The number of aryl methyl sites for hydroxylation is 1. The van der Waals surface area contributed by atoms with E-state index >= 15 is 0 Å². The average Bonchev–Trinajstić information content (AvgIpc) is 2.78. The molecule has 4 amide bonds. The largest absolute Gasteiger partial charge is 0.444 e. The number of primary amides is 1. The Labute approximate surface area is 234 Å². The van der Waals surface area contributed by atoms with Crippen LogP contribution < -0.4 is 16.4 Å². The predicted molar refractivity (Wildman–Crippen MR) is 154 cm³/mol. The number of alkyl carbamates (subject to hydrolysis) is 1. The summed E-state index contributed by atoms with van der Waals surface area (Å²) >= 11 is 0. The van der Waals surface area contributed by atoms with Crippen molar-refractivity contribution in [1.82, 2.24) is 15.5 Å². The molecule has 2 unspecified atom stereocenters. The van der Waals surface area contributed by atoms with Gasteiger partial charge in [-0.25, -0.2) is 4.79 Å². The molecule has 0 saturated heterocycles. The summed E-state index contributed by atoms with van der Waals surface area (Å²) in [5, 5.41) is 5.52. The molecule has 2 atom stereocenters. The van der Waals surface area contributed by atoms with Gasteiger partial charge in [0.1, 0.15) is 17.7 Å². The summed E-state index contributed by atoms with van der Waals surface area (Å²) in [6.07, 6.45) is 4.66. The van der Waals surface area contributed by atoms with Gasteiger partial charge in [-0.05, 0) is 60.5 Å². The van der Waals surface area contributed by atoms with Gasteiger partial charge in [0.25, 0.3) is 0 Å². The minimum atomic E-state index is -1.28. The molecule has 0 bridgehead atoms. The van der Waals surface area contributed by atoms with Crippen molar-refractivity contribution in [3.05, 3.63) is 35.4 Å². The van der Waals surface area contributed by atoms with Crippen LogP contribution in [0.25, 0.3) is 0 Å². The third-order valence-corrected chi connectivity index (χ3v) is 5.88. The Bertz CT molecular complexity index is 948. The zero-order valence-electron chi connectivity index (χ0n) is 25.2. The lowest BCUT2D eigenvalue weighted by atomic mass is 9.98. The van der Waals surface area contributed by atoms with E-state index in [-0.39, 0.29) is 12.5 Å². The second-order valence-electron chi connectivity index (χ2n) is 12.2. The topological polar surface area (TPSA) is 131 Å². The highest BCUT2D eigenvalue weighted by atomic mass is 16.6. The van der Waals surface area contributed by atoms with E-state index in [9.17, 15) is 19.2 Å². The van der Waals surface area contributed by atoms with Gasteiger partial charge in [0.15, 0.2) is 0 Å². The van der Waals surface area contributed by atoms with Gasteiger partial charge in [0, 0.05) is 12.1 Å². The lowest BCUT2D eigenvalue weighted by Gasteiger charge is -2.36. The number of nitrogens with zero attached hydrogens (tertiary/aromatic N) is 1. The first kappa shape index (κ1) is 33.9. The highest BCUT2D eigenvalue weighted by Gasteiger charge is 2.37. The average molecular weight is 547 g/mol. The van der Waals surface area contributed by atoms with Gasteiger partial charge in [-0.2, -0.15) is 0 Å². The zero-order valence-corrected chi connectivity index (χ0v) is 25.2. The van der Waals surface area contributed by atoms with Crippen LogP contribution in [0.4, 0.5) is 4.79 Å². The molecule has 0 heterocycles. The molecule has 0 saturated carbocycles. The predicted octanol–water partition coefficient (Wildman–Crippen LogP) is 4.91. The number of hydrogen-bond acceptors (Lipinski definition) is 5. The van der Waals surface area contributed by atoms with Crippen molar-refractivity contribution < 1.29 is 23.9 Å². The monoisotopic (exact) mass is 546 g/mol. The van der Waals surface area contributed by atoms with E-state index in [2.05, 4.69) is 17.6 Å². The van der Waals surface area contributed by atoms with Gasteiger partial charge in [-0.1, -0.05) is 68.9 Å². The first-order valence-electron chi connectivity index (χ1n) is 14.0. The van der Waals surface area contributed by atoms with Crippen molar-refractivity contribution in [2.75, 3.05) is 6.54 Å². The number of amides is 4. The number of nitrogens with two attached hydrogens (primary N) is 1. The molecule has 1 aromatic rings. The highest BCUT2D eigenvalue weighted by Crippen LogP contribution is 2.25. The van der Waals surface area contributed by atoms with Crippen LogP contribution in [0.5, 0.6) is 0 Å². The fourth-order valence-electron chi connectivity index (χ4n) is 4.14. The van der Waals surface area contributed by atoms with Crippen LogP contribution in [0, 0.1) is 6.92 Å². The Morgan fingerprint density at radius 1 is 0.923 bits per heavy atom. The zero-order chi connectivity index (χ0) is 29.8. The molecule has 0 radical (unpaired) electrons. The van der Waals surface area contributed by atoms with Gasteiger partial charge in [-0.15, -0.1) is 0 Å². The minimum Gasteiger partial charge on any atom is -0.444 e. The second kappa shape index (κ2) is 15.5. The van der Waals surface area contributed by atoms with Crippen LogP contribution in [0.2, 0.25) is 0 Å². The second-order valence-corrected chi connectivity index (χ2v) is 12.2. The number of benzene rings is 1. The third-order valence-electron chi connectivity index (χ3n) is 5.88. The molecule has 220 valence electrons. The normalized spacial score (nSPS) is 13.2. The molecule has 1 aromatic carbocycles. The van der Waals surface area contributed by atoms with Crippen LogP contribution in [0.3, 0.4) is 0 Å². The maximum absolute atomic E-state index is 14.1. The smallest absolute Gasteiger partial charge is 0.408 e. The molecule has 0 aromatic heterocycles. The molecular weight excluding hydrogens is 496 g/mol. The fourth-order valence-corrected chi connectivity index (χ4v) is 4.14. The molecule has 1 rings (SSSR count). The van der Waals surface area contributed by atoms with Gasteiger partial charge < -0.3 is 26.0 Å². The Morgan fingerprint density at radius 3 is 2.00 bits per heavy atom. The van der Waals surface area contributed by atoms with Crippen molar-refractivity contribution in [1.29, 1.82) is 0 Å². The number of carbonyl (C=O) groups excluding carboxylic acids is 4. The lowest BCUT2D eigenvalue weighted by molar-refractivity contribution is -0.144. The third kappa shape index (κ3) is 13.5. The summed E-state index contributed by atoms with van der Waals surface area (Å²) in [6.45, 7) is 15.1. The van der Waals surface area contributed by atoms with E-state index < -0.39 is 47.6 Å². The Hall–Kier alpha value is -3.10. The van der Waals surface area contributed by atoms with E-state index in [1.807, 2.05) is 52.0 Å². The number of carbonyl (C=O) groups is 4. The van der Waals surface area contributed by atoms with Gasteiger partial charge in [-0.3, -0.25) is 14.4 Å². The van der Waals surface area contributed by atoms with Crippen molar-refractivity contribution in [2.45, 2.75) is 124 Å². The number of unbranched alkanes of at least 4 members (excludes halogenated alkanes) is 5. The molecule has 9 heteroatoms. The van der Waals surface area contributed by atoms with Crippen molar-refractivity contribution >= 4 is 23.8 Å². The maximum atomic E-state index is 14.1. The first-order chi connectivity index (χ1) is 18.0. The summed E-state index contributed by atoms with van der Waals surface area (Å²) in [7, 11) is 0. The van der Waals surface area contributed by atoms with Gasteiger partial charge in [0.2, 0.25) is 17.7 Å². The molecule has 9 nitrogen and oxygen atoms in total. The molecule has 0 aliphatic carbocycles. The highest BCUT2D eigenvalue weighted by molar-refractivity contribution is 5.94. The molecule has 4 N–H and O–H groups in total. The molecule has 39 heavy (non-hydrogen) atoms. The Balaban J connectivity index is 3.47. The summed E-state index contributed by atoms with van der Waals surface area (Å²) in [4.78, 5) is 53.8. The van der Waals surface area contributed by atoms with Crippen LogP contribution in [-0.2, 0) is 19.1 Å². The molecule has 0 spiro atoms. The summed E-state index contributed by atoms with van der Waals surface area (Å²) in [5.41, 5.74) is 5.77. The van der Waals surface area contributed by atoms with E-state index in [1.165, 1.54) is 4.90 Å². The molecule has 0 aliphatic heterocycles. The standard InChI is InChI=1S/C30H50N4O5/c1-9-10-11-12-13-14-19-34(27(37)23(20-24(31)35)32-28(38)39-30(6,7)8)25(26(36)33-29(3,4)5)22-17-15-21(2)16-18-22/h15-18,23,25H,9-14,19-20H2,1-8H3,(H2,31,35)(H,32,38)(H,33,36). The summed E-state index contributed by atoms with van der Waals surface area (Å²) in [6, 6.07) is 5.18. The number of hydrogen-bond donors (Lipinski definition) is 3. The van der Waals surface area contributed by atoms with E-state index in [0.29, 0.717) is 12.0 Å². The van der Waals surface area contributed by atoms with Crippen molar-refractivity contribution in [2.24, 2.45) is 5.73 Å². The molecule has 0 fully saturated rings. The van der Waals surface area contributed by atoms with Gasteiger partial charge >= 0.3 is 6.09 Å². The van der Waals surface area contributed by atoms with Crippen molar-refractivity contribution in [3.8, 4) is 0 Å². The minimum absolute atomic E-state index is 0.270. The van der Waals surface area contributed by atoms with Crippen LogP contribution in [-0.4, -0.2) is 52.4 Å². The Kier molecular flexibility index (Phi) is 13.5. The Morgan fingerprint density at radius 2 is 1.49 bits per heavy atom. The lowest BCUT2D eigenvalue weighted by Crippen LogP contribution is -2.55. The van der Waals surface area contributed by atoms with Crippen LogP contribution in [0.1, 0.15) is 111 Å².